The Kier molecular flexibility index (Phi) is 3.40. The van der Waals surface area contributed by atoms with Crippen molar-refractivity contribution in [3.05, 3.63) is 69.8 Å². The number of ether oxygens (including phenoxy) is 1. The molecule has 0 aliphatic carbocycles. The number of rotatable bonds is 2. The van der Waals surface area contributed by atoms with E-state index in [1.165, 1.54) is 18.2 Å². The summed E-state index contributed by atoms with van der Waals surface area (Å²) >= 11 is 0. The van der Waals surface area contributed by atoms with Crippen molar-refractivity contribution in [1.29, 1.82) is 0 Å². The Morgan fingerprint density at radius 1 is 1.16 bits per heavy atom. The van der Waals surface area contributed by atoms with Crippen LogP contribution in [-0.2, 0) is 19.9 Å². The Hall–Kier alpha value is -3.06. The number of ketones is 1. The van der Waals surface area contributed by atoms with Crippen LogP contribution in [0.15, 0.2) is 48.5 Å². The number of carbonyl (C=O) groups excluding carboxylic acids is 2. The molecule has 0 aromatic heterocycles. The molecular weight excluding hydrogens is 324 g/mol. The number of Topliss-reactive ketones (excluding diaryl/α,β-unsaturated/α-hetero) is 1. The Bertz CT molecular complexity index is 896. The molecule has 0 saturated carbocycles. The fraction of sp³-hybridized carbons (Fsp3) is 0.222. The number of non-ortho nitro benzene ring substituents is 1. The second-order valence-electron chi connectivity index (χ2n) is 6.20. The lowest BCUT2D eigenvalue weighted by Gasteiger charge is -2.36. The van der Waals surface area contributed by atoms with E-state index < -0.39 is 22.5 Å². The minimum Gasteiger partial charge on any atom is -0.351 e. The van der Waals surface area contributed by atoms with Crippen LogP contribution in [0.4, 0.5) is 11.4 Å². The van der Waals surface area contributed by atoms with Gasteiger partial charge in [0.15, 0.2) is 5.60 Å². The van der Waals surface area contributed by atoms with Crippen LogP contribution >= 0.6 is 0 Å². The van der Waals surface area contributed by atoms with Crippen molar-refractivity contribution in [3.8, 4) is 0 Å². The van der Waals surface area contributed by atoms with Crippen molar-refractivity contribution in [2.45, 2.75) is 24.5 Å². The van der Waals surface area contributed by atoms with Crippen LogP contribution in [0.5, 0.6) is 0 Å². The van der Waals surface area contributed by atoms with Crippen LogP contribution < -0.4 is 5.32 Å². The van der Waals surface area contributed by atoms with Crippen molar-refractivity contribution in [3.63, 3.8) is 0 Å². The molecule has 2 atom stereocenters. The summed E-state index contributed by atoms with van der Waals surface area (Å²) in [6.07, 6.45) is -0.530. The average molecular weight is 338 g/mol. The quantitative estimate of drug-likeness (QED) is 0.670. The van der Waals surface area contributed by atoms with Gasteiger partial charge < -0.3 is 10.1 Å². The molecule has 0 bridgehead atoms. The van der Waals surface area contributed by atoms with Gasteiger partial charge in [0.1, 0.15) is 5.78 Å². The van der Waals surface area contributed by atoms with Gasteiger partial charge in [-0.1, -0.05) is 30.3 Å². The number of benzene rings is 2. The molecule has 126 valence electrons. The SMILES string of the molecule is O=C1C[C@H](c2ccccc2)O[C@]2(C1)C(=O)Nc1ccc([N+](=O)[O-])cc12. The Balaban J connectivity index is 1.81. The first kappa shape index (κ1) is 15.5. The maximum absolute atomic E-state index is 12.7. The number of nitrogens with zero attached hydrogens (tertiary/aromatic N) is 1. The predicted molar refractivity (Wildman–Crippen MR) is 87.9 cm³/mol. The third-order valence-corrected chi connectivity index (χ3v) is 4.64. The summed E-state index contributed by atoms with van der Waals surface area (Å²) in [4.78, 5) is 35.6. The number of fused-ring (bicyclic) bond motifs is 2. The van der Waals surface area contributed by atoms with Crippen LogP contribution in [0.2, 0.25) is 0 Å². The third-order valence-electron chi connectivity index (χ3n) is 4.64. The summed E-state index contributed by atoms with van der Waals surface area (Å²) < 4.78 is 6.11. The zero-order valence-corrected chi connectivity index (χ0v) is 13.1. The molecule has 25 heavy (non-hydrogen) atoms. The zero-order chi connectivity index (χ0) is 17.6. The molecule has 7 nitrogen and oxygen atoms in total. The van der Waals surface area contributed by atoms with Crippen molar-refractivity contribution >= 4 is 23.1 Å². The van der Waals surface area contributed by atoms with Gasteiger partial charge in [-0.15, -0.1) is 0 Å². The Labute approximate surface area is 142 Å². The molecule has 2 aromatic rings. The first-order valence-corrected chi connectivity index (χ1v) is 7.84. The molecule has 1 fully saturated rings. The van der Waals surface area contributed by atoms with Crippen molar-refractivity contribution in [1.82, 2.24) is 0 Å². The van der Waals surface area contributed by atoms with Gasteiger partial charge in [0.05, 0.1) is 11.0 Å². The van der Waals surface area contributed by atoms with Crippen molar-refractivity contribution < 1.29 is 19.2 Å². The molecule has 2 aromatic carbocycles. The van der Waals surface area contributed by atoms with Crippen molar-refractivity contribution in [2.24, 2.45) is 0 Å². The summed E-state index contributed by atoms with van der Waals surface area (Å²) in [5, 5.41) is 13.8. The Morgan fingerprint density at radius 3 is 2.64 bits per heavy atom. The third kappa shape index (κ3) is 2.40. The summed E-state index contributed by atoms with van der Waals surface area (Å²) in [5.41, 5.74) is -0.0797. The van der Waals surface area contributed by atoms with Gasteiger partial charge >= 0.3 is 0 Å². The zero-order valence-electron chi connectivity index (χ0n) is 13.1. The number of nitro groups is 1. The standard InChI is InChI=1S/C18H14N2O5/c21-13-9-16(11-4-2-1-3-5-11)25-18(10-13)14-8-12(20(23)24)6-7-15(14)19-17(18)22/h1-8,16H,9-10H2,(H,19,22)/t16-,18+/m1/s1. The van der Waals surface area contributed by atoms with Gasteiger partial charge in [0, 0.05) is 36.2 Å². The lowest BCUT2D eigenvalue weighted by atomic mass is 9.84. The van der Waals surface area contributed by atoms with Gasteiger partial charge in [-0.2, -0.15) is 0 Å². The molecule has 1 spiro atoms. The second-order valence-corrected chi connectivity index (χ2v) is 6.20. The van der Waals surface area contributed by atoms with E-state index in [1.54, 1.807) is 0 Å². The van der Waals surface area contributed by atoms with E-state index >= 15 is 0 Å². The van der Waals surface area contributed by atoms with Crippen LogP contribution in [0, 0.1) is 10.1 Å². The minimum atomic E-state index is -1.52. The topological polar surface area (TPSA) is 98.5 Å². The number of amides is 1. The smallest absolute Gasteiger partial charge is 0.269 e. The molecule has 1 amide bonds. The van der Waals surface area contributed by atoms with Crippen molar-refractivity contribution in [2.75, 3.05) is 5.32 Å². The number of nitro benzene ring substituents is 1. The highest BCUT2D eigenvalue weighted by atomic mass is 16.6. The molecule has 7 heteroatoms. The fourth-order valence-corrected chi connectivity index (χ4v) is 3.46. The lowest BCUT2D eigenvalue weighted by molar-refractivity contribution is -0.385. The molecule has 0 radical (unpaired) electrons. The normalized spacial score (nSPS) is 24.9. The molecule has 2 aliphatic heterocycles. The molecule has 2 heterocycles. The molecule has 1 saturated heterocycles. The van der Waals surface area contributed by atoms with Gasteiger partial charge in [-0.3, -0.25) is 19.7 Å². The van der Waals surface area contributed by atoms with Gasteiger partial charge in [-0.05, 0) is 11.6 Å². The maximum Gasteiger partial charge on any atom is 0.269 e. The maximum atomic E-state index is 12.7. The minimum absolute atomic E-state index is 0.116. The highest BCUT2D eigenvalue weighted by Crippen LogP contribution is 2.49. The highest BCUT2D eigenvalue weighted by molar-refractivity contribution is 6.08. The van der Waals surface area contributed by atoms with Crippen LogP contribution in [0.3, 0.4) is 0 Å². The van der Waals surface area contributed by atoms with E-state index in [4.69, 9.17) is 4.74 Å². The lowest BCUT2D eigenvalue weighted by Crippen LogP contribution is -2.44. The van der Waals surface area contributed by atoms with E-state index in [0.717, 1.165) is 5.56 Å². The summed E-state index contributed by atoms with van der Waals surface area (Å²) in [5.74, 6) is -0.577. The first-order valence-electron chi connectivity index (χ1n) is 7.84. The van der Waals surface area contributed by atoms with E-state index in [2.05, 4.69) is 5.32 Å². The van der Waals surface area contributed by atoms with Crippen LogP contribution in [0.25, 0.3) is 0 Å². The van der Waals surface area contributed by atoms with Gasteiger partial charge in [0.2, 0.25) is 0 Å². The number of carbonyl (C=O) groups is 2. The fourth-order valence-electron chi connectivity index (χ4n) is 3.46. The Morgan fingerprint density at radius 2 is 1.92 bits per heavy atom. The molecule has 2 aliphatic rings. The summed E-state index contributed by atoms with van der Waals surface area (Å²) in [6.45, 7) is 0. The number of hydrogen-bond acceptors (Lipinski definition) is 5. The number of nitrogens with one attached hydrogen (secondary N) is 1. The van der Waals surface area contributed by atoms with E-state index in [9.17, 15) is 19.7 Å². The van der Waals surface area contributed by atoms with Crippen LogP contribution in [-0.4, -0.2) is 16.6 Å². The molecule has 4 rings (SSSR count). The van der Waals surface area contributed by atoms with Crippen LogP contribution in [0.1, 0.15) is 30.1 Å². The largest absolute Gasteiger partial charge is 0.351 e. The molecular formula is C18H14N2O5. The van der Waals surface area contributed by atoms with Gasteiger partial charge in [0.25, 0.3) is 11.6 Å². The summed E-state index contributed by atoms with van der Waals surface area (Å²) in [6, 6.07) is 13.3. The molecule has 0 unspecified atom stereocenters. The van der Waals surface area contributed by atoms with E-state index in [0.29, 0.717) is 11.3 Å². The van der Waals surface area contributed by atoms with Gasteiger partial charge in [-0.25, -0.2) is 0 Å². The monoisotopic (exact) mass is 338 g/mol. The molecule has 1 N–H and O–H groups in total. The highest BCUT2D eigenvalue weighted by Gasteiger charge is 2.54. The number of hydrogen-bond donors (Lipinski definition) is 1. The summed E-state index contributed by atoms with van der Waals surface area (Å²) in [7, 11) is 0. The van der Waals surface area contributed by atoms with E-state index in [1.807, 2.05) is 30.3 Å². The second kappa shape index (κ2) is 5.49. The number of anilines is 1. The average Bonchev–Trinajstić information content (AvgIpc) is 2.86. The first-order chi connectivity index (χ1) is 12.0. The predicted octanol–water partition coefficient (Wildman–Crippen LogP) is 2.86. The van der Waals surface area contributed by atoms with E-state index in [-0.39, 0.29) is 24.3 Å².